The van der Waals surface area contributed by atoms with E-state index in [1.54, 1.807) is 17.0 Å². The Kier molecular flexibility index (Phi) is 8.16. The molecule has 36 heavy (non-hydrogen) atoms. The first-order chi connectivity index (χ1) is 16.8. The van der Waals surface area contributed by atoms with Crippen molar-refractivity contribution >= 4 is 23.2 Å². The van der Waals surface area contributed by atoms with E-state index in [1.165, 1.54) is 12.3 Å². The fourth-order valence-corrected chi connectivity index (χ4v) is 4.34. The number of benzene rings is 1. The summed E-state index contributed by atoms with van der Waals surface area (Å²) in [5.41, 5.74) is -0.608. The van der Waals surface area contributed by atoms with Crippen molar-refractivity contribution in [2.24, 2.45) is 5.92 Å². The van der Waals surface area contributed by atoms with Crippen LogP contribution in [0.2, 0.25) is 0 Å². The van der Waals surface area contributed by atoms with Gasteiger partial charge in [0, 0.05) is 29.6 Å². The maximum Gasteiger partial charge on any atom is 0.416 e. The number of Topliss-reactive ketones (excluding diaryl/α,β-unsaturated/α-hetero) is 2. The first kappa shape index (κ1) is 27.7. The van der Waals surface area contributed by atoms with Gasteiger partial charge in [-0.1, -0.05) is 67.8 Å². The molecule has 0 saturated carbocycles. The summed E-state index contributed by atoms with van der Waals surface area (Å²) in [6.45, 7) is 7.50. The number of halogens is 4. The molecule has 1 aliphatic carbocycles. The molecule has 192 valence electrons. The van der Waals surface area contributed by atoms with Gasteiger partial charge in [0.25, 0.3) is 0 Å². The van der Waals surface area contributed by atoms with Crippen LogP contribution in [-0.4, -0.2) is 33.7 Å². The van der Waals surface area contributed by atoms with Gasteiger partial charge in [0.05, 0.1) is 10.6 Å². The third-order valence-electron chi connectivity index (χ3n) is 6.37. The van der Waals surface area contributed by atoms with Gasteiger partial charge in [0.2, 0.25) is 11.6 Å². The van der Waals surface area contributed by atoms with E-state index in [0.29, 0.717) is 17.2 Å². The average Bonchev–Trinajstić information content (AvgIpc) is 2.83. The first-order valence-electron chi connectivity index (χ1n) is 11.7. The molecule has 0 unspecified atom stereocenters. The summed E-state index contributed by atoms with van der Waals surface area (Å²) < 4.78 is 39.4. The van der Waals surface area contributed by atoms with E-state index in [9.17, 15) is 27.9 Å². The molecule has 3 rings (SSSR count). The van der Waals surface area contributed by atoms with Gasteiger partial charge in [-0.2, -0.15) is 13.2 Å². The molecule has 0 aromatic heterocycles. The van der Waals surface area contributed by atoms with Crippen molar-refractivity contribution in [1.29, 1.82) is 0 Å². The van der Waals surface area contributed by atoms with Crippen LogP contribution in [-0.2, 0) is 22.2 Å². The summed E-state index contributed by atoms with van der Waals surface area (Å²) >= 11 is 6.26. The summed E-state index contributed by atoms with van der Waals surface area (Å²) in [5.74, 6) is -1.26. The normalized spacial score (nSPS) is 22.1. The zero-order chi connectivity index (χ0) is 26.8. The molecule has 8 heteroatoms. The lowest BCUT2D eigenvalue weighted by molar-refractivity contribution is -0.144. The molecule has 0 saturated heterocycles. The quantitative estimate of drug-likeness (QED) is 0.340. The molecule has 4 nitrogen and oxygen atoms in total. The van der Waals surface area contributed by atoms with Crippen molar-refractivity contribution in [2.45, 2.75) is 52.3 Å². The van der Waals surface area contributed by atoms with E-state index in [1.807, 2.05) is 19.1 Å². The van der Waals surface area contributed by atoms with Gasteiger partial charge in [-0.3, -0.25) is 9.59 Å². The van der Waals surface area contributed by atoms with Crippen LogP contribution in [0.3, 0.4) is 0 Å². The van der Waals surface area contributed by atoms with Crippen molar-refractivity contribution in [1.82, 2.24) is 4.90 Å². The highest BCUT2D eigenvalue weighted by Crippen LogP contribution is 2.38. The number of alkyl halides is 3. The first-order valence-corrected chi connectivity index (χ1v) is 12.1. The zero-order valence-electron chi connectivity index (χ0n) is 20.6. The second kappa shape index (κ2) is 10.6. The van der Waals surface area contributed by atoms with Crippen molar-refractivity contribution in [2.75, 3.05) is 6.54 Å². The molecule has 1 aliphatic heterocycles. The van der Waals surface area contributed by atoms with Gasteiger partial charge in [-0.25, -0.2) is 0 Å². The van der Waals surface area contributed by atoms with Gasteiger partial charge in [-0.15, -0.1) is 0 Å². The van der Waals surface area contributed by atoms with Gasteiger partial charge in [0.15, 0.2) is 5.60 Å². The van der Waals surface area contributed by atoms with Crippen LogP contribution in [0.5, 0.6) is 0 Å². The third kappa shape index (κ3) is 5.90. The van der Waals surface area contributed by atoms with Gasteiger partial charge >= 0.3 is 6.18 Å². The molecule has 1 aromatic carbocycles. The lowest BCUT2D eigenvalue weighted by Gasteiger charge is -2.34. The second-order valence-corrected chi connectivity index (χ2v) is 9.72. The van der Waals surface area contributed by atoms with Gasteiger partial charge < -0.3 is 10.0 Å². The predicted octanol–water partition coefficient (Wildman–Crippen LogP) is 6.28. The lowest BCUT2D eigenvalue weighted by atomic mass is 9.79. The molecular formula is C28H29ClF3NO3. The molecule has 1 N–H and O–H groups in total. The van der Waals surface area contributed by atoms with E-state index < -0.39 is 28.9 Å². The predicted molar refractivity (Wildman–Crippen MR) is 134 cm³/mol. The lowest BCUT2D eigenvalue weighted by Crippen LogP contribution is -2.49. The molecule has 0 fully saturated rings. The SMILES string of the molecule is CC[C@H](C)/C=C(C)/C=C/C1=CC2=C(Cl)C(=O)[C@](C)(O)C(=O)C2=CN1CCc1cccc(C(F)(F)F)c1. The highest BCUT2D eigenvalue weighted by Gasteiger charge is 2.48. The van der Waals surface area contributed by atoms with Crippen LogP contribution in [0.25, 0.3) is 0 Å². The number of hydrogen-bond acceptors (Lipinski definition) is 4. The largest absolute Gasteiger partial charge is 0.416 e. The number of nitrogens with zero attached hydrogens (tertiary/aromatic N) is 1. The third-order valence-corrected chi connectivity index (χ3v) is 6.74. The molecule has 1 heterocycles. The van der Waals surface area contributed by atoms with Crippen molar-refractivity contribution in [3.63, 3.8) is 0 Å². The summed E-state index contributed by atoms with van der Waals surface area (Å²) in [5, 5.41) is 10.2. The van der Waals surface area contributed by atoms with Gasteiger partial charge in [0.1, 0.15) is 0 Å². The van der Waals surface area contributed by atoms with Crippen LogP contribution in [0.15, 0.2) is 82.2 Å². The number of allylic oxidation sites excluding steroid dienone is 6. The zero-order valence-corrected chi connectivity index (χ0v) is 21.4. The number of fused-ring (bicyclic) bond motifs is 1. The van der Waals surface area contributed by atoms with Gasteiger partial charge in [-0.05, 0) is 50.0 Å². The van der Waals surface area contributed by atoms with Crippen LogP contribution in [0.1, 0.15) is 45.2 Å². The Morgan fingerprint density at radius 1 is 1.25 bits per heavy atom. The monoisotopic (exact) mass is 519 g/mol. The van der Waals surface area contributed by atoms with E-state index in [0.717, 1.165) is 31.1 Å². The van der Waals surface area contributed by atoms with Crippen LogP contribution in [0, 0.1) is 5.92 Å². The fraction of sp³-hybridized carbons (Fsp3) is 0.357. The minimum atomic E-state index is -4.44. The van der Waals surface area contributed by atoms with Crippen molar-refractivity contribution < 1.29 is 27.9 Å². The molecule has 2 aliphatic rings. The summed E-state index contributed by atoms with van der Waals surface area (Å²) in [7, 11) is 0. The molecule has 2 atom stereocenters. The Morgan fingerprint density at radius 2 is 1.94 bits per heavy atom. The van der Waals surface area contributed by atoms with Crippen molar-refractivity contribution in [3.05, 3.63) is 93.3 Å². The minimum absolute atomic E-state index is 0.0812. The number of carbonyl (C=O) groups is 2. The second-order valence-electron chi connectivity index (χ2n) is 9.34. The molecule has 0 bridgehead atoms. The number of hydrogen-bond donors (Lipinski definition) is 1. The van der Waals surface area contributed by atoms with Crippen LogP contribution >= 0.6 is 11.6 Å². The summed E-state index contributed by atoms with van der Waals surface area (Å²) in [6.07, 6.45) is 5.72. The number of aliphatic hydroxyl groups is 1. The minimum Gasteiger partial charge on any atom is -0.374 e. The maximum absolute atomic E-state index is 13.1. The Hall–Kier alpha value is -2.90. The van der Waals surface area contributed by atoms with E-state index in [2.05, 4.69) is 19.9 Å². The Balaban J connectivity index is 1.99. The Labute approximate surface area is 214 Å². The van der Waals surface area contributed by atoms with E-state index >= 15 is 0 Å². The number of rotatable bonds is 7. The van der Waals surface area contributed by atoms with E-state index in [-0.39, 0.29) is 29.1 Å². The summed E-state index contributed by atoms with van der Waals surface area (Å²) in [6, 6.07) is 5.10. The fourth-order valence-electron chi connectivity index (χ4n) is 4.00. The molecule has 0 amide bonds. The average molecular weight is 520 g/mol. The highest BCUT2D eigenvalue weighted by atomic mass is 35.5. The topological polar surface area (TPSA) is 57.6 Å². The van der Waals surface area contributed by atoms with Crippen LogP contribution in [0.4, 0.5) is 13.2 Å². The van der Waals surface area contributed by atoms with E-state index in [4.69, 9.17) is 11.6 Å². The Morgan fingerprint density at radius 3 is 2.58 bits per heavy atom. The van der Waals surface area contributed by atoms with Crippen LogP contribution < -0.4 is 0 Å². The molecule has 0 spiro atoms. The van der Waals surface area contributed by atoms with Crippen molar-refractivity contribution in [3.8, 4) is 0 Å². The molecular weight excluding hydrogens is 491 g/mol. The molecule has 1 aromatic rings. The number of ketones is 2. The number of carbonyl (C=O) groups excluding carboxylic acids is 2. The Bertz CT molecular complexity index is 1220. The maximum atomic E-state index is 13.1. The smallest absolute Gasteiger partial charge is 0.374 e. The summed E-state index contributed by atoms with van der Waals surface area (Å²) in [4.78, 5) is 27.1. The standard InChI is InChI=1S/C28H29ClF3NO3/c1-5-17(2)13-18(3)9-10-21-15-22-23(25(34)27(4,36)26(35)24(22)29)16-33(21)12-11-19-7-6-8-20(14-19)28(30,31)32/h6-10,13-17,36H,5,11-12H2,1-4H3/b10-9+,18-13+/t17-,27+/m0/s1. The molecule has 0 radical (unpaired) electrons. The highest BCUT2D eigenvalue weighted by molar-refractivity contribution is 6.49.